The van der Waals surface area contributed by atoms with Crippen LogP contribution in [0.2, 0.25) is 0 Å². The lowest BCUT2D eigenvalue weighted by atomic mass is 10.3. The highest BCUT2D eigenvalue weighted by atomic mass is 32.1. The number of rotatable bonds is 3. The molecule has 94 valence electrons. The molecule has 3 aromatic heterocycles. The van der Waals surface area contributed by atoms with Gasteiger partial charge in [-0.3, -0.25) is 15.1 Å². The van der Waals surface area contributed by atoms with Crippen molar-refractivity contribution in [3.63, 3.8) is 0 Å². The summed E-state index contributed by atoms with van der Waals surface area (Å²) in [6.45, 7) is 0. The van der Waals surface area contributed by atoms with Crippen LogP contribution < -0.4 is 5.32 Å². The van der Waals surface area contributed by atoms with Crippen molar-refractivity contribution in [3.05, 3.63) is 46.9 Å². The first-order valence-corrected chi connectivity index (χ1v) is 7.11. The van der Waals surface area contributed by atoms with Crippen LogP contribution in [0.25, 0.3) is 10.6 Å². The first-order chi connectivity index (χ1) is 9.33. The normalized spacial score (nSPS) is 10.3. The van der Waals surface area contributed by atoms with E-state index in [2.05, 4.69) is 20.5 Å². The van der Waals surface area contributed by atoms with E-state index in [9.17, 15) is 4.79 Å². The van der Waals surface area contributed by atoms with Crippen LogP contribution in [-0.4, -0.2) is 21.1 Å². The maximum atomic E-state index is 11.8. The molecule has 0 aliphatic heterocycles. The van der Waals surface area contributed by atoms with E-state index in [1.54, 1.807) is 18.5 Å². The van der Waals surface area contributed by atoms with Crippen LogP contribution in [0.15, 0.2) is 42.0 Å². The molecule has 3 rings (SSSR count). The van der Waals surface area contributed by atoms with Gasteiger partial charge in [0.25, 0.3) is 5.91 Å². The lowest BCUT2D eigenvalue weighted by Crippen LogP contribution is -2.09. The monoisotopic (exact) mass is 288 g/mol. The van der Waals surface area contributed by atoms with E-state index in [4.69, 9.17) is 0 Å². The Kier molecular flexibility index (Phi) is 3.30. The van der Waals surface area contributed by atoms with E-state index in [1.165, 1.54) is 22.7 Å². The molecule has 0 unspecified atom stereocenters. The Morgan fingerprint density at radius 3 is 2.74 bits per heavy atom. The van der Waals surface area contributed by atoms with Crippen molar-refractivity contribution >= 4 is 33.7 Å². The van der Waals surface area contributed by atoms with Gasteiger partial charge in [0.2, 0.25) is 5.13 Å². The molecular weight excluding hydrogens is 280 g/mol. The molecule has 0 bridgehead atoms. The number of thiophene rings is 1. The average molecular weight is 288 g/mol. The predicted octanol–water partition coefficient (Wildman–Crippen LogP) is 2.91. The van der Waals surface area contributed by atoms with Crippen molar-refractivity contribution in [3.8, 4) is 10.6 Å². The lowest BCUT2D eigenvalue weighted by molar-refractivity contribution is 0.103. The van der Waals surface area contributed by atoms with Crippen molar-refractivity contribution in [2.45, 2.75) is 0 Å². The van der Waals surface area contributed by atoms with Gasteiger partial charge >= 0.3 is 0 Å². The number of hydrogen-bond acceptors (Lipinski definition) is 6. The molecule has 3 heterocycles. The van der Waals surface area contributed by atoms with Crippen LogP contribution in [0.3, 0.4) is 0 Å². The number of carbonyl (C=O) groups excluding carboxylic acids is 1. The molecule has 0 aliphatic rings. The maximum absolute atomic E-state index is 11.8. The van der Waals surface area contributed by atoms with E-state index in [1.807, 2.05) is 23.6 Å². The van der Waals surface area contributed by atoms with Crippen LogP contribution in [0.1, 0.15) is 9.67 Å². The smallest absolute Gasteiger partial charge is 0.267 e. The van der Waals surface area contributed by atoms with Gasteiger partial charge in [-0.2, -0.15) is 0 Å². The molecule has 0 fully saturated rings. The molecular formula is C12H8N4OS2. The lowest BCUT2D eigenvalue weighted by Gasteiger charge is -1.96. The van der Waals surface area contributed by atoms with E-state index >= 15 is 0 Å². The summed E-state index contributed by atoms with van der Waals surface area (Å²) < 4.78 is 0. The fourth-order valence-corrected chi connectivity index (χ4v) is 2.81. The molecule has 1 N–H and O–H groups in total. The van der Waals surface area contributed by atoms with Gasteiger partial charge in [-0.1, -0.05) is 17.4 Å². The van der Waals surface area contributed by atoms with Gasteiger partial charge in [0.1, 0.15) is 5.01 Å². The quantitative estimate of drug-likeness (QED) is 0.804. The summed E-state index contributed by atoms with van der Waals surface area (Å²) in [5.41, 5.74) is 0.934. The minimum Gasteiger partial charge on any atom is -0.296 e. The third-order valence-corrected chi connectivity index (χ3v) is 4.07. The van der Waals surface area contributed by atoms with Gasteiger partial charge in [0.05, 0.1) is 4.88 Å². The van der Waals surface area contributed by atoms with E-state index < -0.39 is 0 Å². The number of anilines is 1. The van der Waals surface area contributed by atoms with E-state index in [0.29, 0.717) is 10.0 Å². The summed E-state index contributed by atoms with van der Waals surface area (Å²) in [7, 11) is 0. The Morgan fingerprint density at radius 1 is 1.16 bits per heavy atom. The zero-order valence-electron chi connectivity index (χ0n) is 9.61. The molecule has 0 radical (unpaired) electrons. The molecule has 0 spiro atoms. The van der Waals surface area contributed by atoms with Gasteiger partial charge in [-0.15, -0.1) is 21.5 Å². The fourth-order valence-electron chi connectivity index (χ4n) is 1.45. The first-order valence-electron chi connectivity index (χ1n) is 5.42. The SMILES string of the molecule is O=C(Nc1nnc(-c2ccncc2)s1)c1cccs1. The summed E-state index contributed by atoms with van der Waals surface area (Å²) >= 11 is 2.72. The first kappa shape index (κ1) is 11.9. The van der Waals surface area contributed by atoms with Gasteiger partial charge in [0.15, 0.2) is 0 Å². The summed E-state index contributed by atoms with van der Waals surface area (Å²) in [5, 5.41) is 13.9. The third kappa shape index (κ3) is 2.67. The number of carbonyl (C=O) groups is 1. The fraction of sp³-hybridized carbons (Fsp3) is 0. The molecule has 1 amide bonds. The predicted molar refractivity (Wildman–Crippen MR) is 75.4 cm³/mol. The standard InChI is InChI=1S/C12H8N4OS2/c17-10(9-2-1-7-18-9)14-12-16-15-11(19-12)8-3-5-13-6-4-8/h1-7H,(H,14,16,17). The van der Waals surface area contributed by atoms with Gasteiger partial charge in [-0.25, -0.2) is 0 Å². The minimum atomic E-state index is -0.160. The molecule has 19 heavy (non-hydrogen) atoms. The number of amides is 1. The van der Waals surface area contributed by atoms with Gasteiger partial charge in [-0.05, 0) is 23.6 Å². The number of nitrogens with one attached hydrogen (secondary N) is 1. The second-order valence-electron chi connectivity index (χ2n) is 3.58. The molecule has 0 atom stereocenters. The van der Waals surface area contributed by atoms with Crippen molar-refractivity contribution in [1.29, 1.82) is 0 Å². The molecule has 0 saturated carbocycles. The summed E-state index contributed by atoms with van der Waals surface area (Å²) in [6.07, 6.45) is 3.39. The highest BCUT2D eigenvalue weighted by Crippen LogP contribution is 2.26. The highest BCUT2D eigenvalue weighted by Gasteiger charge is 2.11. The second-order valence-corrected chi connectivity index (χ2v) is 5.50. The summed E-state index contributed by atoms with van der Waals surface area (Å²) in [6, 6.07) is 7.31. The topological polar surface area (TPSA) is 67.8 Å². The third-order valence-electron chi connectivity index (χ3n) is 2.32. The Labute approximate surface area is 117 Å². The van der Waals surface area contributed by atoms with Crippen molar-refractivity contribution in [2.75, 3.05) is 5.32 Å². The molecule has 0 saturated heterocycles. The Morgan fingerprint density at radius 2 is 2.00 bits per heavy atom. The Bertz CT molecular complexity index is 679. The Hall–Kier alpha value is -2.12. The molecule has 3 aromatic rings. The van der Waals surface area contributed by atoms with Crippen LogP contribution in [0.4, 0.5) is 5.13 Å². The number of aromatic nitrogens is 3. The average Bonchev–Trinajstić information content (AvgIpc) is 3.11. The van der Waals surface area contributed by atoms with Gasteiger partial charge in [0, 0.05) is 18.0 Å². The van der Waals surface area contributed by atoms with Crippen LogP contribution in [0.5, 0.6) is 0 Å². The van der Waals surface area contributed by atoms with Crippen molar-refractivity contribution < 1.29 is 4.79 Å². The Balaban J connectivity index is 1.77. The van der Waals surface area contributed by atoms with Crippen LogP contribution >= 0.6 is 22.7 Å². The van der Waals surface area contributed by atoms with Crippen LogP contribution in [-0.2, 0) is 0 Å². The van der Waals surface area contributed by atoms with E-state index in [0.717, 1.165) is 10.6 Å². The number of pyridine rings is 1. The number of nitrogens with zero attached hydrogens (tertiary/aromatic N) is 3. The van der Waals surface area contributed by atoms with Crippen molar-refractivity contribution in [1.82, 2.24) is 15.2 Å². The van der Waals surface area contributed by atoms with Crippen LogP contribution in [0, 0.1) is 0 Å². The number of hydrogen-bond donors (Lipinski definition) is 1. The molecule has 0 aromatic carbocycles. The van der Waals surface area contributed by atoms with Gasteiger partial charge < -0.3 is 0 Å². The minimum absolute atomic E-state index is 0.160. The highest BCUT2D eigenvalue weighted by molar-refractivity contribution is 7.18. The summed E-state index contributed by atoms with van der Waals surface area (Å²) in [4.78, 5) is 16.5. The molecule has 0 aliphatic carbocycles. The largest absolute Gasteiger partial charge is 0.296 e. The van der Waals surface area contributed by atoms with Crippen molar-refractivity contribution in [2.24, 2.45) is 0 Å². The summed E-state index contributed by atoms with van der Waals surface area (Å²) in [5.74, 6) is -0.160. The molecule has 5 nitrogen and oxygen atoms in total. The maximum Gasteiger partial charge on any atom is 0.267 e. The zero-order chi connectivity index (χ0) is 13.1. The van der Waals surface area contributed by atoms with E-state index in [-0.39, 0.29) is 5.91 Å². The second kappa shape index (κ2) is 5.25. The zero-order valence-corrected chi connectivity index (χ0v) is 11.2. The molecule has 7 heteroatoms.